The molecule has 2 aromatic carbocycles. The molecular formula is C14H15BrN2O3S. The van der Waals surface area contributed by atoms with E-state index in [-0.39, 0.29) is 17.2 Å². The van der Waals surface area contributed by atoms with E-state index in [9.17, 15) is 13.5 Å². The highest BCUT2D eigenvalue weighted by Crippen LogP contribution is 2.24. The molecule has 0 atom stereocenters. The number of anilines is 1. The average Bonchev–Trinajstić information content (AvgIpc) is 2.40. The lowest BCUT2D eigenvalue weighted by molar-refractivity contribution is 0.475. The van der Waals surface area contributed by atoms with Gasteiger partial charge < -0.3 is 10.8 Å². The second kappa shape index (κ2) is 6.46. The molecule has 112 valence electrons. The van der Waals surface area contributed by atoms with E-state index in [2.05, 4.69) is 20.7 Å². The Morgan fingerprint density at radius 1 is 1.14 bits per heavy atom. The SMILES string of the molecule is Nc1ccc(S(=O)(=O)NCCc2ccc(O)cc2)c(Br)c1. The Morgan fingerprint density at radius 2 is 1.81 bits per heavy atom. The van der Waals surface area contributed by atoms with Crippen molar-refractivity contribution in [3.05, 3.63) is 52.5 Å². The fraction of sp³-hybridized carbons (Fsp3) is 0.143. The summed E-state index contributed by atoms with van der Waals surface area (Å²) in [5, 5.41) is 9.19. The Hall–Kier alpha value is -1.57. The van der Waals surface area contributed by atoms with E-state index in [4.69, 9.17) is 5.73 Å². The van der Waals surface area contributed by atoms with E-state index in [0.717, 1.165) is 5.56 Å². The molecule has 0 saturated carbocycles. The van der Waals surface area contributed by atoms with Gasteiger partial charge in [-0.1, -0.05) is 12.1 Å². The van der Waals surface area contributed by atoms with E-state index >= 15 is 0 Å². The molecular weight excluding hydrogens is 356 g/mol. The largest absolute Gasteiger partial charge is 0.508 e. The monoisotopic (exact) mass is 370 g/mol. The van der Waals surface area contributed by atoms with Gasteiger partial charge in [0, 0.05) is 16.7 Å². The molecule has 0 aliphatic carbocycles. The summed E-state index contributed by atoms with van der Waals surface area (Å²) in [4.78, 5) is 0.155. The standard InChI is InChI=1S/C14H15BrN2O3S/c15-13-9-11(16)3-6-14(13)21(19,20)17-8-7-10-1-4-12(18)5-2-10/h1-6,9,17-18H,7-8,16H2. The molecule has 0 aromatic heterocycles. The number of nitrogens with one attached hydrogen (secondary N) is 1. The second-order valence-corrected chi connectivity index (χ2v) is 7.09. The molecule has 2 aromatic rings. The van der Waals surface area contributed by atoms with Crippen molar-refractivity contribution in [2.45, 2.75) is 11.3 Å². The maximum atomic E-state index is 12.2. The summed E-state index contributed by atoms with van der Waals surface area (Å²) in [5.74, 6) is 0.185. The number of nitrogens with two attached hydrogens (primary N) is 1. The van der Waals surface area contributed by atoms with Gasteiger partial charge >= 0.3 is 0 Å². The molecule has 7 heteroatoms. The van der Waals surface area contributed by atoms with Crippen molar-refractivity contribution in [2.75, 3.05) is 12.3 Å². The van der Waals surface area contributed by atoms with Crippen LogP contribution in [0.25, 0.3) is 0 Å². The predicted molar refractivity (Wildman–Crippen MR) is 85.6 cm³/mol. The predicted octanol–water partition coefficient (Wildman–Crippen LogP) is 2.26. The summed E-state index contributed by atoms with van der Waals surface area (Å²) in [7, 11) is -3.59. The van der Waals surface area contributed by atoms with Crippen molar-refractivity contribution >= 4 is 31.6 Å². The Kier molecular flexibility index (Phi) is 4.87. The topological polar surface area (TPSA) is 92.4 Å². The van der Waals surface area contributed by atoms with Crippen LogP contribution in [0.1, 0.15) is 5.56 Å². The summed E-state index contributed by atoms with van der Waals surface area (Å²) in [5.41, 5.74) is 7.02. The molecule has 0 aliphatic heterocycles. The number of hydrogen-bond acceptors (Lipinski definition) is 4. The molecule has 0 aliphatic rings. The van der Waals surface area contributed by atoms with Crippen LogP contribution >= 0.6 is 15.9 Å². The number of aromatic hydroxyl groups is 1. The van der Waals surface area contributed by atoms with E-state index < -0.39 is 10.0 Å². The van der Waals surface area contributed by atoms with Gasteiger partial charge in [-0.15, -0.1) is 0 Å². The first-order valence-corrected chi connectivity index (χ1v) is 8.49. The van der Waals surface area contributed by atoms with Gasteiger partial charge in [-0.2, -0.15) is 0 Å². The summed E-state index contributed by atoms with van der Waals surface area (Å²) in [6, 6.07) is 11.2. The summed E-state index contributed by atoms with van der Waals surface area (Å²) in [6.07, 6.45) is 0.534. The van der Waals surface area contributed by atoms with Gasteiger partial charge in [-0.05, 0) is 58.2 Å². The third-order valence-electron chi connectivity index (χ3n) is 2.89. The van der Waals surface area contributed by atoms with E-state index in [1.54, 1.807) is 36.4 Å². The van der Waals surface area contributed by atoms with Crippen molar-refractivity contribution in [1.82, 2.24) is 4.72 Å². The minimum absolute atomic E-state index is 0.155. The van der Waals surface area contributed by atoms with Crippen LogP contribution in [-0.2, 0) is 16.4 Å². The van der Waals surface area contributed by atoms with Crippen molar-refractivity contribution in [3.8, 4) is 5.75 Å². The van der Waals surface area contributed by atoms with Crippen molar-refractivity contribution in [3.63, 3.8) is 0 Å². The first kappa shape index (κ1) is 15.8. The van der Waals surface area contributed by atoms with E-state index in [1.165, 1.54) is 6.07 Å². The van der Waals surface area contributed by atoms with Crippen LogP contribution in [0.5, 0.6) is 5.75 Å². The molecule has 0 saturated heterocycles. The number of rotatable bonds is 5. The van der Waals surface area contributed by atoms with Crippen LogP contribution in [0, 0.1) is 0 Å². The number of phenols is 1. The van der Waals surface area contributed by atoms with Gasteiger partial charge in [-0.3, -0.25) is 0 Å². The van der Waals surface area contributed by atoms with Gasteiger partial charge in [0.1, 0.15) is 5.75 Å². The molecule has 0 heterocycles. The van der Waals surface area contributed by atoms with E-state index in [1.807, 2.05) is 0 Å². The lowest BCUT2D eigenvalue weighted by Crippen LogP contribution is -2.26. The smallest absolute Gasteiger partial charge is 0.241 e. The van der Waals surface area contributed by atoms with Crippen LogP contribution in [0.3, 0.4) is 0 Å². The van der Waals surface area contributed by atoms with Crippen molar-refractivity contribution in [2.24, 2.45) is 0 Å². The number of nitrogen functional groups attached to an aromatic ring is 1. The van der Waals surface area contributed by atoms with E-state index in [0.29, 0.717) is 16.6 Å². The van der Waals surface area contributed by atoms with Crippen molar-refractivity contribution in [1.29, 1.82) is 0 Å². The Morgan fingerprint density at radius 3 is 2.43 bits per heavy atom. The molecule has 2 rings (SSSR count). The third-order valence-corrected chi connectivity index (χ3v) is 5.33. The summed E-state index contributed by atoms with van der Waals surface area (Å²) in [6.45, 7) is 0.268. The highest BCUT2D eigenvalue weighted by atomic mass is 79.9. The third kappa shape index (κ3) is 4.20. The second-order valence-electron chi connectivity index (χ2n) is 4.50. The number of benzene rings is 2. The Bertz CT molecular complexity index is 730. The van der Waals surface area contributed by atoms with Crippen LogP contribution in [0.4, 0.5) is 5.69 Å². The molecule has 0 fully saturated rings. The molecule has 0 bridgehead atoms. The quantitative estimate of drug-likeness (QED) is 0.703. The zero-order valence-electron chi connectivity index (χ0n) is 11.1. The highest BCUT2D eigenvalue weighted by molar-refractivity contribution is 9.10. The molecule has 0 amide bonds. The molecule has 5 nitrogen and oxygen atoms in total. The normalized spacial score (nSPS) is 11.5. The van der Waals surface area contributed by atoms with Gasteiger partial charge in [0.15, 0.2) is 0 Å². The molecule has 0 radical (unpaired) electrons. The Labute approximate surface area is 132 Å². The van der Waals surface area contributed by atoms with Crippen LogP contribution < -0.4 is 10.5 Å². The maximum absolute atomic E-state index is 12.2. The maximum Gasteiger partial charge on any atom is 0.241 e. The summed E-state index contributed by atoms with van der Waals surface area (Å²) >= 11 is 3.20. The zero-order chi connectivity index (χ0) is 15.5. The number of sulfonamides is 1. The van der Waals surface area contributed by atoms with Crippen LogP contribution in [0.2, 0.25) is 0 Å². The number of hydrogen-bond donors (Lipinski definition) is 3. The lowest BCUT2D eigenvalue weighted by Gasteiger charge is -2.09. The fourth-order valence-corrected chi connectivity index (χ4v) is 3.93. The molecule has 21 heavy (non-hydrogen) atoms. The van der Waals surface area contributed by atoms with Gasteiger partial charge in [0.05, 0.1) is 4.90 Å². The molecule has 4 N–H and O–H groups in total. The summed E-state index contributed by atoms with van der Waals surface area (Å²) < 4.78 is 27.3. The van der Waals surface area contributed by atoms with Crippen molar-refractivity contribution < 1.29 is 13.5 Å². The minimum atomic E-state index is -3.59. The minimum Gasteiger partial charge on any atom is -0.508 e. The average molecular weight is 371 g/mol. The fourth-order valence-electron chi connectivity index (χ4n) is 1.81. The van der Waals surface area contributed by atoms with Gasteiger partial charge in [0.25, 0.3) is 0 Å². The Balaban J connectivity index is 2.03. The number of halogens is 1. The van der Waals surface area contributed by atoms with Crippen LogP contribution in [0.15, 0.2) is 51.8 Å². The first-order valence-electron chi connectivity index (χ1n) is 6.21. The zero-order valence-corrected chi connectivity index (χ0v) is 13.5. The first-order chi connectivity index (χ1) is 9.88. The lowest BCUT2D eigenvalue weighted by atomic mass is 10.1. The van der Waals surface area contributed by atoms with Gasteiger partial charge in [-0.25, -0.2) is 13.1 Å². The highest BCUT2D eigenvalue weighted by Gasteiger charge is 2.16. The van der Waals surface area contributed by atoms with Gasteiger partial charge in [0.2, 0.25) is 10.0 Å². The molecule has 0 unspecified atom stereocenters. The molecule has 0 spiro atoms. The number of phenolic OH excluding ortho intramolecular Hbond substituents is 1. The van der Waals surface area contributed by atoms with Crippen LogP contribution in [-0.4, -0.2) is 20.1 Å².